The molecule has 76 valence electrons. The maximum atomic E-state index is 11.8. The summed E-state index contributed by atoms with van der Waals surface area (Å²) in [6.45, 7) is 2.07. The number of thiocarbonyl (C=S) groups is 1. The molecule has 1 aliphatic rings. The van der Waals surface area contributed by atoms with Crippen LogP contribution in [0.1, 0.15) is 26.2 Å². The Hall–Kier alpha value is -0.380. The lowest BCUT2D eigenvalue weighted by Gasteiger charge is -2.32. The van der Waals surface area contributed by atoms with Crippen LogP contribution in [0.4, 0.5) is 4.39 Å². The first-order valence-electron chi connectivity index (χ1n) is 4.84. The van der Waals surface area contributed by atoms with E-state index < -0.39 is 0 Å². The topological polar surface area (TPSA) is 24.1 Å². The molecule has 1 atom stereocenters. The molecule has 0 aliphatic heterocycles. The highest BCUT2D eigenvalue weighted by atomic mass is 32.1. The Balaban J connectivity index is 2.11. The van der Waals surface area contributed by atoms with Gasteiger partial charge in [-0.2, -0.15) is 0 Å². The lowest BCUT2D eigenvalue weighted by Crippen LogP contribution is -2.45. The van der Waals surface area contributed by atoms with Gasteiger partial charge in [-0.05, 0) is 37.9 Å². The maximum Gasteiger partial charge on any atom is 0.166 e. The van der Waals surface area contributed by atoms with Crippen LogP contribution in [0.2, 0.25) is 0 Å². The molecule has 0 aromatic rings. The minimum absolute atomic E-state index is 0.309. The zero-order chi connectivity index (χ0) is 9.68. The molecule has 1 fully saturated rings. The Kier molecular flexibility index (Phi) is 4.42. The van der Waals surface area contributed by atoms with Crippen molar-refractivity contribution in [3.63, 3.8) is 0 Å². The predicted molar refractivity (Wildman–Crippen MR) is 56.5 cm³/mol. The van der Waals surface area contributed by atoms with Crippen LogP contribution in [0.5, 0.6) is 0 Å². The lowest BCUT2D eigenvalue weighted by molar-refractivity contribution is 0.258. The van der Waals surface area contributed by atoms with Crippen molar-refractivity contribution in [1.82, 2.24) is 10.6 Å². The van der Waals surface area contributed by atoms with Crippen molar-refractivity contribution in [2.45, 2.75) is 32.2 Å². The number of nitrogens with one attached hydrogen (secondary N) is 2. The van der Waals surface area contributed by atoms with Crippen LogP contribution in [-0.2, 0) is 0 Å². The molecule has 0 saturated heterocycles. The highest BCUT2D eigenvalue weighted by Crippen LogP contribution is 2.29. The Bertz CT molecular complexity index is 171. The average Bonchev–Trinajstić information content (AvgIpc) is 1.97. The fourth-order valence-corrected chi connectivity index (χ4v) is 1.76. The summed E-state index contributed by atoms with van der Waals surface area (Å²) in [5.41, 5.74) is 0. The van der Waals surface area contributed by atoms with Gasteiger partial charge in [0.25, 0.3) is 0 Å². The summed E-state index contributed by atoms with van der Waals surface area (Å²) in [7, 11) is 0. The second-order valence-corrected chi connectivity index (χ2v) is 3.98. The van der Waals surface area contributed by atoms with E-state index >= 15 is 0 Å². The summed E-state index contributed by atoms with van der Waals surface area (Å²) >= 11 is 5.00. The molecule has 1 aliphatic carbocycles. The molecule has 1 saturated carbocycles. The average molecular weight is 204 g/mol. The van der Waals surface area contributed by atoms with Gasteiger partial charge in [0.05, 0.1) is 0 Å². The highest BCUT2D eigenvalue weighted by Gasteiger charge is 2.23. The number of alkyl halides is 1. The Morgan fingerprint density at radius 1 is 1.62 bits per heavy atom. The lowest BCUT2D eigenvalue weighted by atomic mass is 9.80. The summed E-state index contributed by atoms with van der Waals surface area (Å²) in [5.74, 6) is 0.755. The number of rotatable bonds is 4. The molecule has 2 nitrogen and oxygen atoms in total. The molecule has 4 heteroatoms. The van der Waals surface area contributed by atoms with Gasteiger partial charge >= 0.3 is 0 Å². The molecule has 0 aromatic heterocycles. The highest BCUT2D eigenvalue weighted by molar-refractivity contribution is 7.80. The normalized spacial score (nSPS) is 18.9. The van der Waals surface area contributed by atoms with E-state index in [-0.39, 0.29) is 6.67 Å². The quantitative estimate of drug-likeness (QED) is 0.680. The molecule has 0 heterocycles. The number of hydrogen-bond donors (Lipinski definition) is 2. The van der Waals surface area contributed by atoms with Crippen LogP contribution >= 0.6 is 12.2 Å². The molecule has 0 amide bonds. The molecule has 1 rings (SSSR count). The van der Waals surface area contributed by atoms with Crippen LogP contribution in [0, 0.1) is 5.92 Å². The van der Waals surface area contributed by atoms with Gasteiger partial charge < -0.3 is 10.6 Å². The zero-order valence-electron chi connectivity index (χ0n) is 7.98. The van der Waals surface area contributed by atoms with Crippen LogP contribution in [-0.4, -0.2) is 24.4 Å². The largest absolute Gasteiger partial charge is 0.360 e. The van der Waals surface area contributed by atoms with Gasteiger partial charge in [0.15, 0.2) is 5.11 Å². The molecule has 0 spiro atoms. The minimum Gasteiger partial charge on any atom is -0.360 e. The summed E-state index contributed by atoms with van der Waals surface area (Å²) in [6, 6.07) is 0.424. The monoisotopic (exact) mass is 204 g/mol. The fraction of sp³-hybridized carbons (Fsp3) is 0.889. The predicted octanol–water partition coefficient (Wildman–Crippen LogP) is 1.61. The third-order valence-electron chi connectivity index (χ3n) is 2.60. The van der Waals surface area contributed by atoms with Gasteiger partial charge in [-0.1, -0.05) is 6.42 Å². The van der Waals surface area contributed by atoms with Gasteiger partial charge in [-0.3, -0.25) is 0 Å². The van der Waals surface area contributed by atoms with Crippen LogP contribution < -0.4 is 10.6 Å². The van der Waals surface area contributed by atoms with Crippen molar-refractivity contribution < 1.29 is 4.39 Å². The van der Waals surface area contributed by atoms with Crippen molar-refractivity contribution in [2.75, 3.05) is 13.2 Å². The molecule has 0 bridgehead atoms. The van der Waals surface area contributed by atoms with Crippen LogP contribution in [0.3, 0.4) is 0 Å². The van der Waals surface area contributed by atoms with Crippen molar-refractivity contribution in [3.8, 4) is 0 Å². The van der Waals surface area contributed by atoms with E-state index in [0.717, 1.165) is 5.92 Å². The van der Waals surface area contributed by atoms with Gasteiger partial charge in [0.2, 0.25) is 0 Å². The number of halogens is 1. The van der Waals surface area contributed by atoms with E-state index in [2.05, 4.69) is 17.6 Å². The first kappa shape index (κ1) is 10.7. The Labute approximate surface area is 84.3 Å². The van der Waals surface area contributed by atoms with Crippen molar-refractivity contribution in [1.29, 1.82) is 0 Å². The maximum absolute atomic E-state index is 11.8. The van der Waals surface area contributed by atoms with E-state index in [1.54, 1.807) is 0 Å². The molecular formula is C9H17FN2S. The fourth-order valence-electron chi connectivity index (χ4n) is 1.48. The van der Waals surface area contributed by atoms with Crippen LogP contribution in [0.25, 0.3) is 0 Å². The molecular weight excluding hydrogens is 187 g/mol. The van der Waals surface area contributed by atoms with Crippen LogP contribution in [0.15, 0.2) is 0 Å². The Morgan fingerprint density at radius 3 is 2.77 bits per heavy atom. The van der Waals surface area contributed by atoms with Gasteiger partial charge in [-0.15, -0.1) is 0 Å². The van der Waals surface area contributed by atoms with Gasteiger partial charge in [-0.25, -0.2) is 4.39 Å². The van der Waals surface area contributed by atoms with Crippen molar-refractivity contribution >= 4 is 17.3 Å². The second kappa shape index (κ2) is 5.37. The summed E-state index contributed by atoms with van der Waals surface area (Å²) < 4.78 is 11.8. The van der Waals surface area contributed by atoms with Crippen molar-refractivity contribution in [2.24, 2.45) is 5.92 Å². The summed E-state index contributed by atoms with van der Waals surface area (Å²) in [5, 5.41) is 6.56. The molecule has 0 aromatic carbocycles. The van der Waals surface area contributed by atoms with Gasteiger partial charge in [0, 0.05) is 12.6 Å². The SMILES string of the molecule is CC(NC(=S)NCCF)C1CCC1. The van der Waals surface area contributed by atoms with E-state index in [0.29, 0.717) is 17.7 Å². The van der Waals surface area contributed by atoms with E-state index in [4.69, 9.17) is 12.2 Å². The van der Waals surface area contributed by atoms with Gasteiger partial charge in [0.1, 0.15) is 6.67 Å². The third kappa shape index (κ3) is 3.46. The number of hydrogen-bond acceptors (Lipinski definition) is 1. The summed E-state index contributed by atoms with van der Waals surface area (Å²) in [6.07, 6.45) is 3.92. The smallest absolute Gasteiger partial charge is 0.166 e. The standard InChI is InChI=1S/C9H17FN2S/c1-7(8-3-2-4-8)12-9(13)11-6-5-10/h7-8H,2-6H2,1H3,(H2,11,12,13). The van der Waals surface area contributed by atoms with Crippen molar-refractivity contribution in [3.05, 3.63) is 0 Å². The Morgan fingerprint density at radius 2 is 2.31 bits per heavy atom. The van der Waals surface area contributed by atoms with E-state index in [1.165, 1.54) is 19.3 Å². The molecule has 0 radical (unpaired) electrons. The minimum atomic E-state index is -0.375. The molecule has 2 N–H and O–H groups in total. The third-order valence-corrected chi connectivity index (χ3v) is 2.86. The second-order valence-electron chi connectivity index (χ2n) is 3.57. The molecule has 1 unspecified atom stereocenters. The first-order chi connectivity index (χ1) is 6.24. The zero-order valence-corrected chi connectivity index (χ0v) is 8.79. The summed E-state index contributed by atoms with van der Waals surface area (Å²) in [4.78, 5) is 0. The molecule has 13 heavy (non-hydrogen) atoms. The van der Waals surface area contributed by atoms with E-state index in [9.17, 15) is 4.39 Å². The first-order valence-corrected chi connectivity index (χ1v) is 5.25. The van der Waals surface area contributed by atoms with E-state index in [1.807, 2.05) is 0 Å².